The lowest BCUT2D eigenvalue weighted by molar-refractivity contribution is 0.253. The molecule has 5 heteroatoms. The van der Waals surface area contributed by atoms with Crippen LogP contribution in [0.5, 0.6) is 0 Å². The van der Waals surface area contributed by atoms with E-state index in [1.165, 1.54) is 5.56 Å². The molecule has 0 fully saturated rings. The van der Waals surface area contributed by atoms with Crippen LogP contribution in [0.2, 0.25) is 0 Å². The smallest absolute Gasteiger partial charge is 0.0918 e. The zero-order chi connectivity index (χ0) is 13.5. The molecule has 1 rings (SSSR count). The van der Waals surface area contributed by atoms with Crippen molar-refractivity contribution in [3.05, 3.63) is 18.0 Å². The molecule has 3 N–H and O–H groups in total. The fraction of sp³-hybridized carbons (Fsp3) is 0.692. The molecule has 0 spiro atoms. The summed E-state index contributed by atoms with van der Waals surface area (Å²) in [6.45, 7) is 7.34. The summed E-state index contributed by atoms with van der Waals surface area (Å²) in [5.41, 5.74) is 6.68. The highest BCUT2D eigenvalue weighted by Crippen LogP contribution is 2.04. The first-order chi connectivity index (χ1) is 8.47. The number of hydrogen-bond donors (Lipinski definition) is 2. The molecule has 0 saturated heterocycles. The molecule has 0 bridgehead atoms. The lowest BCUT2D eigenvalue weighted by Gasteiger charge is -2.23. The number of nitrogens with two attached hydrogens (primary N) is 1. The van der Waals surface area contributed by atoms with E-state index in [4.69, 9.17) is 11.1 Å². The molecule has 102 valence electrons. The predicted octanol–water partition coefficient (Wildman–Crippen LogP) is 1.25. The van der Waals surface area contributed by atoms with Gasteiger partial charge in [0.1, 0.15) is 0 Å². The highest BCUT2D eigenvalue weighted by molar-refractivity contribution is 5.76. The second-order valence-corrected chi connectivity index (χ2v) is 5.24. The topological polar surface area (TPSA) is 70.9 Å². The summed E-state index contributed by atoms with van der Waals surface area (Å²) in [6, 6.07) is 0. The van der Waals surface area contributed by atoms with Gasteiger partial charge in [-0.1, -0.05) is 13.8 Å². The van der Waals surface area contributed by atoms with Gasteiger partial charge in [0.2, 0.25) is 0 Å². The van der Waals surface area contributed by atoms with Gasteiger partial charge in [-0.25, -0.2) is 0 Å². The Labute approximate surface area is 109 Å². The van der Waals surface area contributed by atoms with Crippen LogP contribution in [0.25, 0.3) is 0 Å². The number of aromatic nitrogens is 2. The molecule has 0 aliphatic carbocycles. The Bertz CT molecular complexity index is 369. The van der Waals surface area contributed by atoms with Gasteiger partial charge in [0.15, 0.2) is 0 Å². The van der Waals surface area contributed by atoms with Gasteiger partial charge in [0.05, 0.1) is 12.0 Å². The molecule has 0 aliphatic heterocycles. The lowest BCUT2D eigenvalue weighted by Crippen LogP contribution is -2.33. The molecule has 0 aromatic carbocycles. The molecular formula is C13H25N5. The van der Waals surface area contributed by atoms with Crippen LogP contribution in [0.15, 0.2) is 12.4 Å². The average molecular weight is 251 g/mol. The van der Waals surface area contributed by atoms with E-state index >= 15 is 0 Å². The summed E-state index contributed by atoms with van der Waals surface area (Å²) < 4.78 is 1.83. The van der Waals surface area contributed by atoms with Crippen LogP contribution in [0.4, 0.5) is 0 Å². The first-order valence-corrected chi connectivity index (χ1v) is 6.50. The van der Waals surface area contributed by atoms with E-state index in [-0.39, 0.29) is 5.84 Å². The van der Waals surface area contributed by atoms with Crippen molar-refractivity contribution in [2.24, 2.45) is 18.7 Å². The van der Waals surface area contributed by atoms with Gasteiger partial charge in [-0.3, -0.25) is 10.1 Å². The average Bonchev–Trinajstić information content (AvgIpc) is 2.67. The number of nitrogens with one attached hydrogen (secondary N) is 1. The molecule has 0 radical (unpaired) electrons. The lowest BCUT2D eigenvalue weighted by atomic mass is 10.1. The Hall–Kier alpha value is -1.36. The van der Waals surface area contributed by atoms with E-state index in [0.717, 1.165) is 26.1 Å². The first-order valence-electron chi connectivity index (χ1n) is 6.50. The summed E-state index contributed by atoms with van der Waals surface area (Å²) in [5, 5.41) is 11.5. The molecule has 0 saturated carbocycles. The van der Waals surface area contributed by atoms with Crippen LogP contribution in [0.3, 0.4) is 0 Å². The summed E-state index contributed by atoms with van der Waals surface area (Å²) in [4.78, 5) is 2.37. The monoisotopic (exact) mass is 251 g/mol. The molecule has 1 heterocycles. The van der Waals surface area contributed by atoms with Crippen LogP contribution in [0.1, 0.15) is 25.8 Å². The van der Waals surface area contributed by atoms with Gasteiger partial charge < -0.3 is 10.6 Å². The van der Waals surface area contributed by atoms with Crippen LogP contribution >= 0.6 is 0 Å². The quantitative estimate of drug-likeness (QED) is 0.539. The number of hydrogen-bond acceptors (Lipinski definition) is 3. The predicted molar refractivity (Wildman–Crippen MR) is 74.7 cm³/mol. The van der Waals surface area contributed by atoms with Crippen molar-refractivity contribution >= 4 is 5.84 Å². The summed E-state index contributed by atoms with van der Waals surface area (Å²) in [7, 11) is 1.94. The van der Waals surface area contributed by atoms with Crippen molar-refractivity contribution in [3.63, 3.8) is 0 Å². The zero-order valence-electron chi connectivity index (χ0n) is 11.7. The van der Waals surface area contributed by atoms with Crippen LogP contribution in [0, 0.1) is 11.3 Å². The van der Waals surface area contributed by atoms with Crippen molar-refractivity contribution < 1.29 is 0 Å². The van der Waals surface area contributed by atoms with E-state index in [1.54, 1.807) is 0 Å². The Morgan fingerprint density at radius 2 is 2.22 bits per heavy atom. The minimum atomic E-state index is 0.269. The second kappa shape index (κ2) is 7.16. The molecule has 0 unspecified atom stereocenters. The highest BCUT2D eigenvalue weighted by atomic mass is 15.2. The third-order valence-corrected chi connectivity index (χ3v) is 2.80. The molecule has 5 nitrogen and oxygen atoms in total. The Balaban J connectivity index is 2.42. The van der Waals surface area contributed by atoms with Gasteiger partial charge >= 0.3 is 0 Å². The van der Waals surface area contributed by atoms with Crippen LogP contribution in [-0.4, -0.2) is 40.2 Å². The van der Waals surface area contributed by atoms with Crippen molar-refractivity contribution in [2.75, 3.05) is 19.6 Å². The van der Waals surface area contributed by atoms with Gasteiger partial charge in [0.25, 0.3) is 0 Å². The van der Waals surface area contributed by atoms with Crippen molar-refractivity contribution in [3.8, 4) is 0 Å². The maximum atomic E-state index is 7.31. The van der Waals surface area contributed by atoms with Gasteiger partial charge in [-0.2, -0.15) is 5.10 Å². The van der Waals surface area contributed by atoms with E-state index in [9.17, 15) is 0 Å². The minimum absolute atomic E-state index is 0.269. The molecule has 1 aromatic rings. The van der Waals surface area contributed by atoms with Crippen LogP contribution in [-0.2, 0) is 13.5 Å². The SMILES string of the molecule is CC(C)CN(CCC(=N)N)CCc1cnn(C)c1. The van der Waals surface area contributed by atoms with E-state index in [1.807, 2.05) is 17.9 Å². The zero-order valence-corrected chi connectivity index (χ0v) is 11.7. The molecule has 1 aromatic heterocycles. The fourth-order valence-corrected chi connectivity index (χ4v) is 1.98. The van der Waals surface area contributed by atoms with Crippen molar-refractivity contribution in [1.29, 1.82) is 5.41 Å². The van der Waals surface area contributed by atoms with E-state index < -0.39 is 0 Å². The Kier molecular flexibility index (Phi) is 5.85. The standard InChI is InChI=1S/C13H25N5/c1-11(2)9-18(7-5-13(14)15)6-4-12-8-16-17(3)10-12/h8,10-11H,4-7,9H2,1-3H3,(H3,14,15). The molecule has 0 aliphatic rings. The van der Waals surface area contributed by atoms with Crippen LogP contribution < -0.4 is 5.73 Å². The molecule has 18 heavy (non-hydrogen) atoms. The van der Waals surface area contributed by atoms with E-state index in [0.29, 0.717) is 12.3 Å². The summed E-state index contributed by atoms with van der Waals surface area (Å²) in [5.74, 6) is 0.899. The number of rotatable bonds is 8. The number of amidine groups is 1. The molecular weight excluding hydrogens is 226 g/mol. The van der Waals surface area contributed by atoms with Gasteiger partial charge in [0, 0.05) is 39.3 Å². The Morgan fingerprint density at radius 1 is 1.50 bits per heavy atom. The van der Waals surface area contributed by atoms with Gasteiger partial charge in [-0.05, 0) is 17.9 Å². The summed E-state index contributed by atoms with van der Waals surface area (Å²) in [6.07, 6.45) is 5.62. The number of aryl methyl sites for hydroxylation is 1. The summed E-state index contributed by atoms with van der Waals surface area (Å²) >= 11 is 0. The maximum Gasteiger partial charge on any atom is 0.0918 e. The highest BCUT2D eigenvalue weighted by Gasteiger charge is 2.08. The Morgan fingerprint density at radius 3 is 2.72 bits per heavy atom. The molecule has 0 amide bonds. The third kappa shape index (κ3) is 5.82. The maximum absolute atomic E-state index is 7.31. The largest absolute Gasteiger partial charge is 0.388 e. The van der Waals surface area contributed by atoms with E-state index in [2.05, 4.69) is 30.0 Å². The second-order valence-electron chi connectivity index (χ2n) is 5.24. The number of nitrogens with zero attached hydrogens (tertiary/aromatic N) is 3. The normalized spacial score (nSPS) is 11.4. The molecule has 0 atom stereocenters. The van der Waals surface area contributed by atoms with Crippen molar-refractivity contribution in [1.82, 2.24) is 14.7 Å². The minimum Gasteiger partial charge on any atom is -0.388 e. The third-order valence-electron chi connectivity index (χ3n) is 2.80. The first kappa shape index (κ1) is 14.7. The van der Waals surface area contributed by atoms with Gasteiger partial charge in [-0.15, -0.1) is 0 Å². The fourth-order valence-electron chi connectivity index (χ4n) is 1.98. The van der Waals surface area contributed by atoms with Crippen molar-refractivity contribution in [2.45, 2.75) is 26.7 Å².